The molecule has 0 amide bonds. The van der Waals surface area contributed by atoms with Gasteiger partial charge in [0, 0.05) is 46.9 Å². The van der Waals surface area contributed by atoms with Gasteiger partial charge in [-0.15, -0.1) is 0 Å². The summed E-state index contributed by atoms with van der Waals surface area (Å²) in [6.45, 7) is 1.20. The van der Waals surface area contributed by atoms with E-state index in [9.17, 15) is 9.59 Å². The van der Waals surface area contributed by atoms with E-state index in [4.69, 9.17) is 28.4 Å². The number of fused-ring (bicyclic) bond motifs is 27. The van der Waals surface area contributed by atoms with E-state index in [0.29, 0.717) is 25.0 Å². The van der Waals surface area contributed by atoms with Gasteiger partial charge in [0.2, 0.25) is 0 Å². The molecule has 0 unspecified atom stereocenters. The van der Waals surface area contributed by atoms with Gasteiger partial charge < -0.3 is 28.4 Å². The fourth-order valence-corrected chi connectivity index (χ4v) is 16.7. The molecule has 8 aliphatic rings. The van der Waals surface area contributed by atoms with Gasteiger partial charge in [0.1, 0.15) is 11.5 Å². The van der Waals surface area contributed by atoms with Crippen LogP contribution < -0.4 is 9.47 Å². The summed E-state index contributed by atoms with van der Waals surface area (Å²) in [5, 5.41) is 4.53. The Kier molecular flexibility index (Phi) is 5.87. The number of benzene rings is 3. The Morgan fingerprint density at radius 2 is 1.08 bits per heavy atom. The molecule has 8 aliphatic carbocycles. The molecule has 0 aliphatic heterocycles. The van der Waals surface area contributed by atoms with E-state index in [1.165, 1.54) is 36.1 Å². The third-order valence-corrected chi connectivity index (χ3v) is 17.0. The van der Waals surface area contributed by atoms with E-state index in [-0.39, 0.29) is 70.1 Å². The fourth-order valence-electron chi connectivity index (χ4n) is 16.7. The molecule has 51 heavy (non-hydrogen) atoms. The van der Waals surface area contributed by atoms with Crippen molar-refractivity contribution in [2.45, 2.75) is 31.1 Å². The minimum absolute atomic E-state index is 0.0214. The molecule has 11 rings (SSSR count). The van der Waals surface area contributed by atoms with Crippen LogP contribution in [0.25, 0.3) is 21.5 Å². The van der Waals surface area contributed by atoms with Crippen molar-refractivity contribution in [2.75, 3.05) is 55.9 Å². The lowest BCUT2D eigenvalue weighted by molar-refractivity contribution is -0.354. The van der Waals surface area contributed by atoms with E-state index in [1.54, 1.807) is 0 Å². The first kappa shape index (κ1) is 31.0. The van der Waals surface area contributed by atoms with Crippen molar-refractivity contribution in [1.29, 1.82) is 0 Å². The van der Waals surface area contributed by atoms with Gasteiger partial charge in [-0.25, -0.2) is 0 Å². The fraction of sp³-hybridized carbons (Fsp3) is 0.581. The van der Waals surface area contributed by atoms with Crippen molar-refractivity contribution in [3.8, 4) is 11.5 Å². The molecule has 0 N–H and O–H groups in total. The second kappa shape index (κ2) is 9.67. The Hall–Kier alpha value is -3.62. The van der Waals surface area contributed by atoms with Crippen LogP contribution in [0.2, 0.25) is 0 Å². The highest BCUT2D eigenvalue weighted by molar-refractivity contribution is 6.06. The quantitative estimate of drug-likeness (QED) is 0.0868. The Morgan fingerprint density at radius 1 is 0.627 bits per heavy atom. The molecule has 0 aromatic heterocycles. The molecule has 0 spiro atoms. The molecule has 6 bridgehead atoms. The van der Waals surface area contributed by atoms with E-state index in [1.807, 2.05) is 28.4 Å². The number of rotatable bonds is 8. The summed E-state index contributed by atoms with van der Waals surface area (Å²) in [5.41, 5.74) is 0.307. The van der Waals surface area contributed by atoms with Crippen molar-refractivity contribution in [2.24, 2.45) is 69.0 Å². The van der Waals surface area contributed by atoms with Gasteiger partial charge in [0.15, 0.2) is 0 Å². The predicted octanol–water partition coefficient (Wildman–Crippen LogP) is 6.53. The molecule has 0 radical (unpaired) electrons. The number of hydrogen-bond acceptors (Lipinski definition) is 8. The minimum Gasteiger partial charge on any atom is -0.496 e. The largest absolute Gasteiger partial charge is 0.496 e. The molecular formula is C43H46O8. The highest BCUT2D eigenvalue weighted by atomic mass is 16.5. The van der Waals surface area contributed by atoms with Crippen molar-refractivity contribution in [3.63, 3.8) is 0 Å². The highest BCUT2D eigenvalue weighted by Crippen LogP contribution is 2.98. The first-order valence-corrected chi connectivity index (χ1v) is 18.8. The van der Waals surface area contributed by atoms with Crippen molar-refractivity contribution in [1.82, 2.24) is 0 Å². The smallest absolute Gasteiger partial charge is 0.313 e. The molecular weight excluding hydrogens is 644 g/mol. The van der Waals surface area contributed by atoms with Crippen LogP contribution in [0.15, 0.2) is 48.6 Å². The van der Waals surface area contributed by atoms with E-state index in [2.05, 4.69) is 48.6 Å². The van der Waals surface area contributed by atoms with Crippen molar-refractivity contribution in [3.05, 3.63) is 59.7 Å². The zero-order chi connectivity index (χ0) is 35.0. The van der Waals surface area contributed by atoms with Crippen LogP contribution in [0, 0.1) is 69.0 Å². The van der Waals surface area contributed by atoms with Crippen LogP contribution in [0.4, 0.5) is 0 Å². The first-order valence-electron chi connectivity index (χ1n) is 18.8. The number of allylic oxidation sites excluding steroid dienone is 2. The SMILES string of the molecule is COC[C@@]12[C@@H]3[C@@H]([C@@H]4C[C@H]3c3c4c(OC)c4cc5ccccc5cc4c3OC)[C@]1(COC)[C@H]1C[C@@H]2[C@H]2[C@@H]1[C@]1(C(=O)OC)[C@@H]3C=C[C@@H](C3)[C@]21C(=O)OC. The summed E-state index contributed by atoms with van der Waals surface area (Å²) in [7, 11) is 10.3. The molecule has 6 saturated carbocycles. The van der Waals surface area contributed by atoms with Gasteiger partial charge in [0.25, 0.3) is 0 Å². The summed E-state index contributed by atoms with van der Waals surface area (Å²) in [4.78, 5) is 28.9. The summed E-state index contributed by atoms with van der Waals surface area (Å²) < 4.78 is 37.1. The Labute approximate surface area is 298 Å². The molecule has 0 saturated heterocycles. The number of carbonyl (C=O) groups is 2. The van der Waals surface area contributed by atoms with Gasteiger partial charge >= 0.3 is 11.9 Å². The van der Waals surface area contributed by atoms with Gasteiger partial charge in [-0.05, 0) is 101 Å². The number of esters is 2. The zero-order valence-corrected chi connectivity index (χ0v) is 30.2. The first-order chi connectivity index (χ1) is 24.8. The molecule has 0 heterocycles. The van der Waals surface area contributed by atoms with Crippen LogP contribution in [-0.2, 0) is 28.5 Å². The topological polar surface area (TPSA) is 89.5 Å². The average Bonchev–Trinajstić information content (AvgIpc) is 3.97. The third-order valence-electron chi connectivity index (χ3n) is 17.0. The molecule has 3 aromatic rings. The van der Waals surface area contributed by atoms with E-state index >= 15 is 0 Å². The normalized spacial score (nSPS) is 44.7. The average molecular weight is 691 g/mol. The minimum atomic E-state index is -0.920. The Balaban J connectivity index is 1.16. The second-order valence-electron chi connectivity index (χ2n) is 17.1. The van der Waals surface area contributed by atoms with Gasteiger partial charge in [0.05, 0.1) is 52.5 Å². The standard InChI is InChI=1S/C43H46O8/c1-46-18-40-28-17-29(35-34(28)42(38(44)50-5)22-11-12-23(15-22)43(35,42)39(45)51-6)41(40,19-47-2)33-27-16-26(32(33)40)30-31(27)37(49-4)25-14-21-10-8-7-9-20(21)13-24(25)36(30)48-3/h7-14,22-23,26-29,32-35H,15-19H2,1-6H3/t22-,23+,26-,27+,28+,29-,32-,33+,34-,35+,40+,41-,42+,43-. The third kappa shape index (κ3) is 2.75. The molecule has 14 atom stereocenters. The van der Waals surface area contributed by atoms with Crippen LogP contribution in [0.3, 0.4) is 0 Å². The maximum atomic E-state index is 14.4. The number of hydrogen-bond donors (Lipinski definition) is 0. The molecule has 266 valence electrons. The maximum Gasteiger partial charge on any atom is 0.313 e. The number of carbonyl (C=O) groups excluding carboxylic acids is 2. The zero-order valence-electron chi connectivity index (χ0n) is 30.2. The van der Waals surface area contributed by atoms with Gasteiger partial charge in [-0.1, -0.05) is 36.4 Å². The number of ether oxygens (including phenoxy) is 6. The lowest BCUT2D eigenvalue weighted by Gasteiger charge is -2.80. The Bertz CT molecular complexity index is 1980. The predicted molar refractivity (Wildman–Crippen MR) is 188 cm³/mol. The summed E-state index contributed by atoms with van der Waals surface area (Å²) in [6, 6.07) is 13.0. The van der Waals surface area contributed by atoms with Crippen LogP contribution in [0.5, 0.6) is 11.5 Å². The van der Waals surface area contributed by atoms with Gasteiger partial charge in [-0.3, -0.25) is 9.59 Å². The van der Waals surface area contributed by atoms with E-state index < -0.39 is 10.8 Å². The van der Waals surface area contributed by atoms with Crippen molar-refractivity contribution < 1.29 is 38.0 Å². The second-order valence-corrected chi connectivity index (χ2v) is 17.1. The summed E-state index contributed by atoms with van der Waals surface area (Å²) >= 11 is 0. The van der Waals surface area contributed by atoms with Crippen LogP contribution >= 0.6 is 0 Å². The summed E-state index contributed by atoms with van der Waals surface area (Å²) in [6.07, 6.45) is 7.20. The van der Waals surface area contributed by atoms with Crippen LogP contribution in [0.1, 0.15) is 42.2 Å². The molecule has 8 nitrogen and oxygen atoms in total. The highest BCUT2D eigenvalue weighted by Gasteiger charge is 2.99. The van der Waals surface area contributed by atoms with Gasteiger partial charge in [-0.2, -0.15) is 0 Å². The lowest BCUT2D eigenvalue weighted by atomic mass is 9.22. The Morgan fingerprint density at radius 3 is 1.47 bits per heavy atom. The van der Waals surface area contributed by atoms with E-state index in [0.717, 1.165) is 41.5 Å². The van der Waals surface area contributed by atoms with Crippen LogP contribution in [-0.4, -0.2) is 67.8 Å². The summed E-state index contributed by atoms with van der Waals surface area (Å²) in [5.74, 6) is 2.99. The maximum absolute atomic E-state index is 14.4. The van der Waals surface area contributed by atoms with Crippen molar-refractivity contribution >= 4 is 33.5 Å². The monoisotopic (exact) mass is 690 g/mol. The molecule has 6 fully saturated rings. The molecule has 3 aromatic carbocycles. The lowest BCUT2D eigenvalue weighted by Crippen LogP contribution is -2.83. The molecule has 8 heteroatoms. The number of methoxy groups -OCH3 is 6.